The standard InChI is InChI=1S/C23H23NO5/c1-22(2)28-15-23(16-29-22,24(25)26)20-10-8-19-13-21(11-9-18(19)12-20)27-14-17-6-4-3-5-7-17/h3-13H,14-16H2,1-2H3. The minimum atomic E-state index is -1.41. The van der Waals surface area contributed by atoms with Crippen molar-refractivity contribution in [2.24, 2.45) is 0 Å². The van der Waals surface area contributed by atoms with Gasteiger partial charge in [0.25, 0.3) is 5.54 Å². The van der Waals surface area contributed by atoms with Crippen molar-refractivity contribution in [1.82, 2.24) is 0 Å². The van der Waals surface area contributed by atoms with Gasteiger partial charge >= 0.3 is 0 Å². The van der Waals surface area contributed by atoms with Gasteiger partial charge in [0.1, 0.15) is 25.6 Å². The number of nitrogens with zero attached hydrogens (tertiary/aromatic N) is 1. The number of fused-ring (bicyclic) bond motifs is 1. The van der Waals surface area contributed by atoms with Crippen LogP contribution in [0.1, 0.15) is 25.0 Å². The Morgan fingerprint density at radius 2 is 1.62 bits per heavy atom. The van der Waals surface area contributed by atoms with Gasteiger partial charge in [-0.1, -0.05) is 48.5 Å². The van der Waals surface area contributed by atoms with E-state index in [1.807, 2.05) is 60.7 Å². The lowest BCUT2D eigenvalue weighted by atomic mass is 9.89. The highest BCUT2D eigenvalue weighted by atomic mass is 16.7. The number of hydrogen-bond donors (Lipinski definition) is 0. The van der Waals surface area contributed by atoms with Crippen LogP contribution in [0.4, 0.5) is 0 Å². The van der Waals surface area contributed by atoms with Gasteiger partial charge in [0.15, 0.2) is 5.79 Å². The third-order valence-electron chi connectivity index (χ3n) is 5.26. The van der Waals surface area contributed by atoms with Crippen LogP contribution in [0.15, 0.2) is 66.7 Å². The maximum absolute atomic E-state index is 11.9. The van der Waals surface area contributed by atoms with Gasteiger partial charge in [0, 0.05) is 10.5 Å². The molecule has 150 valence electrons. The second kappa shape index (κ2) is 7.46. The molecule has 0 radical (unpaired) electrons. The van der Waals surface area contributed by atoms with Crippen LogP contribution >= 0.6 is 0 Å². The Hall–Kier alpha value is -2.96. The molecule has 4 rings (SSSR count). The SMILES string of the molecule is CC1(C)OCC(c2ccc3cc(OCc4ccccc4)ccc3c2)([N+](=O)[O-])CO1. The van der Waals surface area contributed by atoms with E-state index in [-0.39, 0.29) is 18.1 Å². The van der Waals surface area contributed by atoms with Crippen molar-refractivity contribution in [1.29, 1.82) is 0 Å². The van der Waals surface area contributed by atoms with Crippen molar-refractivity contribution in [3.63, 3.8) is 0 Å². The molecule has 0 N–H and O–H groups in total. The molecule has 0 atom stereocenters. The van der Waals surface area contributed by atoms with Gasteiger partial charge in [-0.05, 0) is 48.4 Å². The molecule has 6 nitrogen and oxygen atoms in total. The first-order chi connectivity index (χ1) is 13.9. The molecule has 3 aromatic rings. The maximum atomic E-state index is 11.9. The molecule has 0 aromatic heterocycles. The van der Waals surface area contributed by atoms with Crippen LogP contribution in [-0.2, 0) is 21.6 Å². The van der Waals surface area contributed by atoms with E-state index in [9.17, 15) is 10.1 Å². The van der Waals surface area contributed by atoms with E-state index in [0.29, 0.717) is 12.2 Å². The number of rotatable bonds is 5. The minimum absolute atomic E-state index is 0.0310. The highest BCUT2D eigenvalue weighted by Crippen LogP contribution is 2.35. The summed E-state index contributed by atoms with van der Waals surface area (Å²) in [5.41, 5.74) is 0.256. The van der Waals surface area contributed by atoms with Crippen molar-refractivity contribution in [3.8, 4) is 5.75 Å². The van der Waals surface area contributed by atoms with Crippen LogP contribution in [0, 0.1) is 10.1 Å². The predicted octanol–water partition coefficient (Wildman–Crippen LogP) is 4.67. The average molecular weight is 393 g/mol. The molecule has 0 unspecified atom stereocenters. The summed E-state index contributed by atoms with van der Waals surface area (Å²) in [5.74, 6) is -0.0642. The van der Waals surface area contributed by atoms with E-state index >= 15 is 0 Å². The largest absolute Gasteiger partial charge is 0.489 e. The maximum Gasteiger partial charge on any atom is 0.292 e. The Labute approximate surface area is 169 Å². The summed E-state index contributed by atoms with van der Waals surface area (Å²) in [6.45, 7) is 3.94. The molecule has 3 aromatic carbocycles. The summed E-state index contributed by atoms with van der Waals surface area (Å²) in [6.07, 6.45) is 0. The van der Waals surface area contributed by atoms with E-state index in [4.69, 9.17) is 14.2 Å². The fourth-order valence-corrected chi connectivity index (χ4v) is 3.39. The van der Waals surface area contributed by atoms with Crippen molar-refractivity contribution in [3.05, 3.63) is 88.0 Å². The fourth-order valence-electron chi connectivity index (χ4n) is 3.39. The molecule has 1 aliphatic rings. The summed E-state index contributed by atoms with van der Waals surface area (Å²) in [5, 5.41) is 13.8. The molecule has 0 amide bonds. The summed E-state index contributed by atoms with van der Waals surface area (Å²) < 4.78 is 17.1. The van der Waals surface area contributed by atoms with E-state index in [0.717, 1.165) is 22.1 Å². The smallest absolute Gasteiger partial charge is 0.292 e. The zero-order valence-corrected chi connectivity index (χ0v) is 16.5. The topological polar surface area (TPSA) is 70.8 Å². The number of ether oxygens (including phenoxy) is 3. The van der Waals surface area contributed by atoms with Gasteiger partial charge in [-0.25, -0.2) is 0 Å². The molecule has 29 heavy (non-hydrogen) atoms. The Kier molecular flexibility index (Phi) is 4.98. The first-order valence-corrected chi connectivity index (χ1v) is 9.51. The average Bonchev–Trinajstić information content (AvgIpc) is 2.72. The first-order valence-electron chi connectivity index (χ1n) is 9.51. The minimum Gasteiger partial charge on any atom is -0.489 e. The van der Waals surface area contributed by atoms with Crippen molar-refractivity contribution < 1.29 is 19.1 Å². The van der Waals surface area contributed by atoms with Crippen molar-refractivity contribution in [2.45, 2.75) is 31.8 Å². The van der Waals surface area contributed by atoms with Gasteiger partial charge < -0.3 is 14.2 Å². The van der Waals surface area contributed by atoms with E-state index < -0.39 is 11.3 Å². The number of benzene rings is 3. The van der Waals surface area contributed by atoms with Crippen LogP contribution in [0.2, 0.25) is 0 Å². The number of hydrogen-bond acceptors (Lipinski definition) is 5. The second-order valence-electron chi connectivity index (χ2n) is 7.76. The quantitative estimate of drug-likeness (QED) is 0.465. The van der Waals surface area contributed by atoms with Crippen molar-refractivity contribution in [2.75, 3.05) is 13.2 Å². The lowest BCUT2D eigenvalue weighted by Crippen LogP contribution is -2.53. The molecular weight excluding hydrogens is 370 g/mol. The fraction of sp³-hybridized carbons (Fsp3) is 0.304. The van der Waals surface area contributed by atoms with Gasteiger partial charge in [0.2, 0.25) is 0 Å². The Morgan fingerprint density at radius 1 is 0.966 bits per heavy atom. The monoisotopic (exact) mass is 393 g/mol. The van der Waals surface area contributed by atoms with E-state index in [2.05, 4.69) is 0 Å². The zero-order chi connectivity index (χ0) is 20.5. The molecule has 1 heterocycles. The van der Waals surface area contributed by atoms with Crippen LogP contribution in [0.3, 0.4) is 0 Å². The van der Waals surface area contributed by atoms with Gasteiger partial charge in [-0.2, -0.15) is 0 Å². The van der Waals surface area contributed by atoms with Gasteiger partial charge in [-0.3, -0.25) is 10.1 Å². The van der Waals surface area contributed by atoms with E-state index in [1.165, 1.54) is 0 Å². The van der Waals surface area contributed by atoms with E-state index in [1.54, 1.807) is 19.9 Å². The summed E-state index contributed by atoms with van der Waals surface area (Å²) >= 11 is 0. The summed E-state index contributed by atoms with van der Waals surface area (Å²) in [4.78, 5) is 11.6. The molecule has 1 aliphatic heterocycles. The molecule has 6 heteroatoms. The summed E-state index contributed by atoms with van der Waals surface area (Å²) in [7, 11) is 0. The van der Waals surface area contributed by atoms with Crippen LogP contribution < -0.4 is 4.74 Å². The Morgan fingerprint density at radius 3 is 2.31 bits per heavy atom. The number of nitro groups is 1. The third-order valence-corrected chi connectivity index (χ3v) is 5.26. The molecule has 0 bridgehead atoms. The van der Waals surface area contributed by atoms with Gasteiger partial charge in [0.05, 0.1) is 0 Å². The predicted molar refractivity (Wildman–Crippen MR) is 109 cm³/mol. The lowest BCUT2D eigenvalue weighted by molar-refractivity contribution is -0.605. The molecule has 1 saturated heterocycles. The normalized spacial score (nSPS) is 17.7. The van der Waals surface area contributed by atoms with Crippen LogP contribution in [-0.4, -0.2) is 23.9 Å². The Bertz CT molecular complexity index is 1020. The lowest BCUT2D eigenvalue weighted by Gasteiger charge is -2.38. The summed E-state index contributed by atoms with van der Waals surface area (Å²) in [6, 6.07) is 21.2. The van der Waals surface area contributed by atoms with Crippen LogP contribution in [0.5, 0.6) is 5.75 Å². The highest BCUT2D eigenvalue weighted by Gasteiger charge is 2.51. The molecule has 0 aliphatic carbocycles. The van der Waals surface area contributed by atoms with Gasteiger partial charge in [-0.15, -0.1) is 0 Å². The zero-order valence-electron chi connectivity index (χ0n) is 16.5. The first kappa shape index (κ1) is 19.4. The third kappa shape index (κ3) is 3.95. The Balaban J connectivity index is 1.58. The van der Waals surface area contributed by atoms with Crippen molar-refractivity contribution >= 4 is 10.8 Å². The molecule has 0 spiro atoms. The highest BCUT2D eigenvalue weighted by molar-refractivity contribution is 5.84. The molecular formula is C23H23NO5. The molecule has 0 saturated carbocycles. The molecule has 1 fully saturated rings. The van der Waals surface area contributed by atoms with Crippen LogP contribution in [0.25, 0.3) is 10.8 Å². The second-order valence-corrected chi connectivity index (χ2v) is 7.76.